The van der Waals surface area contributed by atoms with Crippen molar-refractivity contribution < 1.29 is 27.5 Å². The molecule has 28 heavy (non-hydrogen) atoms. The number of hydrogen-bond donors (Lipinski definition) is 1. The third kappa shape index (κ3) is 4.68. The van der Waals surface area contributed by atoms with Crippen molar-refractivity contribution in [2.24, 2.45) is 0 Å². The van der Waals surface area contributed by atoms with Crippen LogP contribution in [0.25, 0.3) is 0 Å². The first kappa shape index (κ1) is 20.3. The van der Waals surface area contributed by atoms with E-state index in [0.717, 1.165) is 12.1 Å². The van der Waals surface area contributed by atoms with E-state index in [2.05, 4.69) is 10.3 Å². The molecule has 0 bridgehead atoms. The van der Waals surface area contributed by atoms with E-state index in [4.69, 9.17) is 4.74 Å². The number of nitrogens with one attached hydrogen (secondary N) is 1. The minimum Gasteiger partial charge on any atom is -0.468 e. The quantitative estimate of drug-likeness (QED) is 0.764. The lowest BCUT2D eigenvalue weighted by Crippen LogP contribution is -2.37. The molecule has 1 fully saturated rings. The monoisotopic (exact) mass is 413 g/mol. The van der Waals surface area contributed by atoms with Crippen LogP contribution in [0, 0.1) is 0 Å². The molecule has 2 aromatic rings. The number of likely N-dealkylation sites (tertiary alicyclic amines) is 1. The first-order chi connectivity index (χ1) is 13.3. The third-order valence-electron chi connectivity index (χ3n) is 4.51. The number of aromatic nitrogens is 1. The molecule has 6 nitrogen and oxygen atoms in total. The van der Waals surface area contributed by atoms with E-state index >= 15 is 0 Å². The average molecular weight is 413 g/mol. The van der Waals surface area contributed by atoms with E-state index in [1.165, 1.54) is 30.7 Å². The van der Waals surface area contributed by atoms with Crippen LogP contribution in [-0.2, 0) is 22.3 Å². The number of benzene rings is 1. The number of halogens is 3. The fraction of sp³-hybridized carbons (Fsp3) is 0.389. The Labute approximate surface area is 163 Å². The van der Waals surface area contributed by atoms with Crippen molar-refractivity contribution in [2.75, 3.05) is 13.7 Å². The number of amides is 1. The van der Waals surface area contributed by atoms with Crippen molar-refractivity contribution in [3.63, 3.8) is 0 Å². The number of rotatable bonds is 5. The lowest BCUT2D eigenvalue weighted by atomic mass is 10.1. The van der Waals surface area contributed by atoms with Crippen molar-refractivity contribution in [1.29, 1.82) is 0 Å². The van der Waals surface area contributed by atoms with Gasteiger partial charge >= 0.3 is 12.1 Å². The van der Waals surface area contributed by atoms with Crippen LogP contribution in [0.1, 0.15) is 27.2 Å². The zero-order valence-corrected chi connectivity index (χ0v) is 15.7. The van der Waals surface area contributed by atoms with Gasteiger partial charge in [0.25, 0.3) is 5.91 Å². The second-order valence-corrected chi connectivity index (χ2v) is 7.32. The minimum atomic E-state index is -4.44. The van der Waals surface area contributed by atoms with Gasteiger partial charge in [-0.15, -0.1) is 11.3 Å². The average Bonchev–Trinajstić information content (AvgIpc) is 3.31. The molecule has 1 aliphatic rings. The van der Waals surface area contributed by atoms with Crippen LogP contribution in [0.15, 0.2) is 36.0 Å². The van der Waals surface area contributed by atoms with Gasteiger partial charge in [0, 0.05) is 19.1 Å². The molecule has 1 saturated heterocycles. The number of methoxy groups -OCH3 is 1. The molecule has 1 aromatic carbocycles. The number of ether oxygens (including phenoxy) is 1. The fourth-order valence-corrected chi connectivity index (χ4v) is 3.75. The molecule has 0 saturated carbocycles. The molecule has 2 atom stereocenters. The maximum atomic E-state index is 12.9. The maximum Gasteiger partial charge on any atom is 0.416 e. The Morgan fingerprint density at radius 2 is 2.18 bits per heavy atom. The summed E-state index contributed by atoms with van der Waals surface area (Å²) < 4.78 is 43.6. The molecular formula is C18H18F3N3O3S. The summed E-state index contributed by atoms with van der Waals surface area (Å²) in [5.41, 5.74) is 1.23. The van der Waals surface area contributed by atoms with Crippen molar-refractivity contribution in [3.8, 4) is 0 Å². The summed E-state index contributed by atoms with van der Waals surface area (Å²) in [6.07, 6.45) is -2.67. The highest BCUT2D eigenvalue weighted by Crippen LogP contribution is 2.30. The van der Waals surface area contributed by atoms with Crippen LogP contribution in [0.4, 0.5) is 13.2 Å². The predicted molar refractivity (Wildman–Crippen MR) is 95.6 cm³/mol. The highest BCUT2D eigenvalue weighted by Gasteiger charge is 2.38. The normalized spacial score (nSPS) is 20.1. The van der Waals surface area contributed by atoms with Crippen molar-refractivity contribution in [2.45, 2.75) is 31.2 Å². The van der Waals surface area contributed by atoms with Gasteiger partial charge in [-0.2, -0.15) is 13.2 Å². The van der Waals surface area contributed by atoms with E-state index in [-0.39, 0.29) is 18.5 Å². The molecule has 0 unspecified atom stereocenters. The highest BCUT2D eigenvalue weighted by molar-refractivity contribution is 7.11. The molecule has 2 heterocycles. The van der Waals surface area contributed by atoms with Crippen LogP contribution in [0.3, 0.4) is 0 Å². The van der Waals surface area contributed by atoms with Gasteiger partial charge in [0.2, 0.25) is 0 Å². The number of nitrogens with zero attached hydrogens (tertiary/aromatic N) is 2. The van der Waals surface area contributed by atoms with E-state index in [1.807, 2.05) is 0 Å². The predicted octanol–water partition coefficient (Wildman–Crippen LogP) is 2.71. The lowest BCUT2D eigenvalue weighted by Gasteiger charge is -2.22. The SMILES string of the molecule is COC(=O)[C@@H]1C[C@H](NC(=O)c2cncs2)CN1Cc1cccc(C(F)(F)F)c1. The second kappa shape index (κ2) is 8.27. The van der Waals surface area contributed by atoms with Gasteiger partial charge in [-0.1, -0.05) is 18.2 Å². The summed E-state index contributed by atoms with van der Waals surface area (Å²) in [7, 11) is 1.26. The van der Waals surface area contributed by atoms with Gasteiger partial charge in [-0.3, -0.25) is 19.5 Å². The van der Waals surface area contributed by atoms with Crippen LogP contribution < -0.4 is 5.32 Å². The van der Waals surface area contributed by atoms with E-state index in [9.17, 15) is 22.8 Å². The molecule has 0 spiro atoms. The first-order valence-corrected chi connectivity index (χ1v) is 9.33. The summed E-state index contributed by atoms with van der Waals surface area (Å²) >= 11 is 1.20. The van der Waals surface area contributed by atoms with Gasteiger partial charge in [-0.25, -0.2) is 0 Å². The summed E-state index contributed by atoms with van der Waals surface area (Å²) in [5, 5.41) is 2.84. The van der Waals surface area contributed by atoms with Crippen molar-refractivity contribution >= 4 is 23.2 Å². The zero-order valence-electron chi connectivity index (χ0n) is 14.9. The molecule has 1 N–H and O–H groups in total. The Hall–Kier alpha value is -2.46. The molecular weight excluding hydrogens is 395 g/mol. The lowest BCUT2D eigenvalue weighted by molar-refractivity contribution is -0.146. The van der Waals surface area contributed by atoms with Crippen molar-refractivity contribution in [1.82, 2.24) is 15.2 Å². The molecule has 1 aromatic heterocycles. The Morgan fingerprint density at radius 1 is 1.39 bits per heavy atom. The third-order valence-corrected chi connectivity index (χ3v) is 5.28. The number of hydrogen-bond acceptors (Lipinski definition) is 6. The number of carbonyl (C=O) groups is 2. The van der Waals surface area contributed by atoms with E-state index in [1.54, 1.807) is 16.5 Å². The van der Waals surface area contributed by atoms with Gasteiger partial charge in [0.05, 0.1) is 24.4 Å². The topological polar surface area (TPSA) is 71.5 Å². The fourth-order valence-electron chi connectivity index (χ4n) is 3.23. The van der Waals surface area contributed by atoms with Crippen LogP contribution in [0.5, 0.6) is 0 Å². The molecule has 150 valence electrons. The van der Waals surface area contributed by atoms with Crippen LogP contribution in [-0.4, -0.2) is 47.5 Å². The first-order valence-electron chi connectivity index (χ1n) is 8.45. The van der Waals surface area contributed by atoms with E-state index < -0.39 is 23.8 Å². The Bertz CT molecular complexity index is 842. The number of thiazole rings is 1. The maximum absolute atomic E-state index is 12.9. The van der Waals surface area contributed by atoms with Crippen LogP contribution >= 0.6 is 11.3 Å². The summed E-state index contributed by atoms with van der Waals surface area (Å²) in [5.74, 6) is -0.779. The summed E-state index contributed by atoms with van der Waals surface area (Å²) in [4.78, 5) is 30.4. The second-order valence-electron chi connectivity index (χ2n) is 6.44. The largest absolute Gasteiger partial charge is 0.468 e. The van der Waals surface area contributed by atoms with Gasteiger partial charge < -0.3 is 10.1 Å². The summed E-state index contributed by atoms with van der Waals surface area (Å²) in [6.45, 7) is 0.456. The number of alkyl halides is 3. The van der Waals surface area contributed by atoms with Crippen LogP contribution in [0.2, 0.25) is 0 Å². The van der Waals surface area contributed by atoms with E-state index in [0.29, 0.717) is 23.4 Å². The minimum absolute atomic E-state index is 0.136. The Balaban J connectivity index is 1.73. The van der Waals surface area contributed by atoms with Gasteiger partial charge in [0.15, 0.2) is 0 Å². The molecule has 1 amide bonds. The molecule has 10 heteroatoms. The molecule has 0 radical (unpaired) electrons. The molecule has 3 rings (SSSR count). The molecule has 1 aliphatic heterocycles. The Kier molecular flexibility index (Phi) is 5.99. The number of carbonyl (C=O) groups excluding carboxylic acids is 2. The summed E-state index contributed by atoms with van der Waals surface area (Å²) in [6, 6.07) is 4.01. The van der Waals surface area contributed by atoms with Gasteiger partial charge in [-0.05, 0) is 18.1 Å². The zero-order chi connectivity index (χ0) is 20.3. The smallest absolute Gasteiger partial charge is 0.416 e. The Morgan fingerprint density at radius 3 is 2.82 bits per heavy atom. The standard InChI is InChI=1S/C18H18F3N3O3S/c1-27-17(26)14-6-13(23-16(25)15-7-22-10-28-15)9-24(14)8-11-3-2-4-12(5-11)18(19,20)21/h2-5,7,10,13-14H,6,8-9H2,1H3,(H,23,25)/t13-,14-/m0/s1. The van der Waals surface area contributed by atoms with Crippen molar-refractivity contribution in [3.05, 3.63) is 52.0 Å². The van der Waals surface area contributed by atoms with Gasteiger partial charge in [0.1, 0.15) is 10.9 Å². The molecule has 0 aliphatic carbocycles. The number of esters is 1. The highest BCUT2D eigenvalue weighted by atomic mass is 32.1.